The van der Waals surface area contributed by atoms with Crippen molar-refractivity contribution >= 4 is 5.57 Å². The van der Waals surface area contributed by atoms with Crippen molar-refractivity contribution in [3.63, 3.8) is 0 Å². The summed E-state index contributed by atoms with van der Waals surface area (Å²) in [7, 11) is 1.73. The fourth-order valence-electron chi connectivity index (χ4n) is 1.99. The second-order valence-electron chi connectivity index (χ2n) is 4.41. The first-order valence-corrected chi connectivity index (χ1v) is 6.89. The lowest BCUT2D eigenvalue weighted by molar-refractivity contribution is 0.413. The number of rotatable bonds is 2. The van der Waals surface area contributed by atoms with Crippen LogP contribution in [0.1, 0.15) is 38.3 Å². The predicted molar refractivity (Wildman–Crippen MR) is 84.6 cm³/mol. The van der Waals surface area contributed by atoms with Gasteiger partial charge in [-0.1, -0.05) is 55.9 Å². The number of benzene rings is 1. The molecule has 2 rings (SSSR count). The fraction of sp³-hybridized carbons (Fsp3) is 0.333. The van der Waals surface area contributed by atoms with Crippen molar-refractivity contribution in [2.45, 2.75) is 34.1 Å². The predicted octanol–water partition coefficient (Wildman–Crippen LogP) is 5.32. The van der Waals surface area contributed by atoms with Crippen LogP contribution in [-0.2, 0) is 0 Å². The Morgan fingerprint density at radius 3 is 2.47 bits per heavy atom. The SMILES string of the molecule is CC.COc1cc(C)ccc1C1=CC=C(C)C=CC1. The van der Waals surface area contributed by atoms with Gasteiger partial charge in [-0.25, -0.2) is 0 Å². The number of aryl methyl sites for hydroxylation is 1. The van der Waals surface area contributed by atoms with Gasteiger partial charge in [-0.15, -0.1) is 0 Å². The van der Waals surface area contributed by atoms with Crippen molar-refractivity contribution in [2.75, 3.05) is 7.11 Å². The summed E-state index contributed by atoms with van der Waals surface area (Å²) in [6.45, 7) is 8.19. The summed E-state index contributed by atoms with van der Waals surface area (Å²) in [5.74, 6) is 0.956. The zero-order chi connectivity index (χ0) is 14.3. The smallest absolute Gasteiger partial charge is 0.126 e. The van der Waals surface area contributed by atoms with Crippen molar-refractivity contribution in [3.8, 4) is 5.75 Å². The molecule has 1 aromatic carbocycles. The minimum absolute atomic E-state index is 0.952. The Morgan fingerprint density at radius 2 is 1.79 bits per heavy atom. The van der Waals surface area contributed by atoms with Crippen molar-refractivity contribution < 1.29 is 4.74 Å². The lowest BCUT2D eigenvalue weighted by atomic mass is 10.00. The first kappa shape index (κ1) is 15.3. The molecular formula is C18H24O. The van der Waals surface area contributed by atoms with Gasteiger partial charge in [0, 0.05) is 5.56 Å². The Kier molecular flexibility index (Phi) is 6.14. The molecular weight excluding hydrogens is 232 g/mol. The molecule has 19 heavy (non-hydrogen) atoms. The van der Waals surface area contributed by atoms with Crippen LogP contribution in [0, 0.1) is 6.92 Å². The van der Waals surface area contributed by atoms with Gasteiger partial charge in [-0.2, -0.15) is 0 Å². The number of hydrogen-bond donors (Lipinski definition) is 0. The summed E-state index contributed by atoms with van der Waals surface area (Å²) in [6.07, 6.45) is 9.64. The van der Waals surface area contributed by atoms with E-state index in [1.54, 1.807) is 7.11 Å². The molecule has 1 aliphatic carbocycles. The molecule has 1 aliphatic rings. The molecule has 0 radical (unpaired) electrons. The highest BCUT2D eigenvalue weighted by Crippen LogP contribution is 2.30. The number of allylic oxidation sites excluding steroid dienone is 6. The van der Waals surface area contributed by atoms with E-state index in [1.165, 1.54) is 22.3 Å². The number of hydrogen-bond acceptors (Lipinski definition) is 1. The zero-order valence-electron chi connectivity index (χ0n) is 12.7. The first-order chi connectivity index (χ1) is 9.20. The third-order valence-electron chi connectivity index (χ3n) is 2.97. The van der Waals surface area contributed by atoms with Gasteiger partial charge >= 0.3 is 0 Å². The summed E-state index contributed by atoms with van der Waals surface area (Å²) >= 11 is 0. The Hall–Kier alpha value is -1.76. The molecule has 0 aromatic heterocycles. The van der Waals surface area contributed by atoms with Gasteiger partial charge in [0.2, 0.25) is 0 Å². The minimum Gasteiger partial charge on any atom is -0.496 e. The molecule has 0 saturated heterocycles. The topological polar surface area (TPSA) is 9.23 Å². The average Bonchev–Trinajstić information content (AvgIpc) is 2.66. The third-order valence-corrected chi connectivity index (χ3v) is 2.97. The molecule has 0 aliphatic heterocycles. The summed E-state index contributed by atoms with van der Waals surface area (Å²) in [5, 5.41) is 0. The van der Waals surface area contributed by atoms with Crippen LogP contribution in [0.5, 0.6) is 5.75 Å². The van der Waals surface area contributed by atoms with Crippen LogP contribution in [0.25, 0.3) is 5.57 Å². The summed E-state index contributed by atoms with van der Waals surface area (Å²) in [5.41, 5.74) is 5.00. The monoisotopic (exact) mass is 256 g/mol. The van der Waals surface area contributed by atoms with Crippen LogP contribution in [0.15, 0.2) is 48.1 Å². The Labute approximate surface area is 117 Å². The van der Waals surface area contributed by atoms with Gasteiger partial charge in [0.1, 0.15) is 5.75 Å². The van der Waals surface area contributed by atoms with E-state index in [0.717, 1.165) is 12.2 Å². The van der Waals surface area contributed by atoms with Crippen molar-refractivity contribution in [3.05, 3.63) is 59.2 Å². The fourth-order valence-corrected chi connectivity index (χ4v) is 1.99. The Balaban J connectivity index is 0.000000861. The second kappa shape index (κ2) is 7.63. The normalized spacial score (nSPS) is 13.7. The van der Waals surface area contributed by atoms with Gasteiger partial charge in [0.15, 0.2) is 0 Å². The van der Waals surface area contributed by atoms with Gasteiger partial charge in [0.05, 0.1) is 7.11 Å². The maximum Gasteiger partial charge on any atom is 0.126 e. The third kappa shape index (κ3) is 4.13. The lowest BCUT2D eigenvalue weighted by Crippen LogP contribution is -1.92. The average molecular weight is 256 g/mol. The molecule has 0 spiro atoms. The molecule has 0 N–H and O–H groups in total. The van der Waals surface area contributed by atoms with E-state index in [9.17, 15) is 0 Å². The molecule has 0 saturated carbocycles. The van der Waals surface area contributed by atoms with Gasteiger partial charge in [-0.3, -0.25) is 0 Å². The number of methoxy groups -OCH3 is 1. The molecule has 0 heterocycles. The molecule has 1 aromatic rings. The van der Waals surface area contributed by atoms with Crippen LogP contribution in [-0.4, -0.2) is 7.11 Å². The van der Waals surface area contributed by atoms with Gasteiger partial charge in [-0.05, 0) is 37.5 Å². The molecule has 0 unspecified atom stereocenters. The van der Waals surface area contributed by atoms with E-state index >= 15 is 0 Å². The van der Waals surface area contributed by atoms with Gasteiger partial charge in [0.25, 0.3) is 0 Å². The van der Waals surface area contributed by atoms with Crippen LogP contribution in [0.2, 0.25) is 0 Å². The maximum absolute atomic E-state index is 5.46. The van der Waals surface area contributed by atoms with Crippen molar-refractivity contribution in [2.24, 2.45) is 0 Å². The van der Waals surface area contributed by atoms with E-state index in [-0.39, 0.29) is 0 Å². The highest BCUT2D eigenvalue weighted by atomic mass is 16.5. The van der Waals surface area contributed by atoms with E-state index < -0.39 is 0 Å². The summed E-state index contributed by atoms with van der Waals surface area (Å²) in [6, 6.07) is 6.35. The summed E-state index contributed by atoms with van der Waals surface area (Å²) < 4.78 is 5.46. The molecule has 1 heteroatoms. The largest absolute Gasteiger partial charge is 0.496 e. The van der Waals surface area contributed by atoms with Gasteiger partial charge < -0.3 is 4.74 Å². The minimum atomic E-state index is 0.952. The molecule has 0 fully saturated rings. The molecule has 102 valence electrons. The van der Waals surface area contributed by atoms with E-state index in [2.05, 4.69) is 56.4 Å². The molecule has 0 atom stereocenters. The van der Waals surface area contributed by atoms with E-state index in [4.69, 9.17) is 4.74 Å². The molecule has 0 bridgehead atoms. The van der Waals surface area contributed by atoms with E-state index in [0.29, 0.717) is 0 Å². The Morgan fingerprint density at radius 1 is 1.05 bits per heavy atom. The molecule has 0 amide bonds. The van der Waals surface area contributed by atoms with Crippen molar-refractivity contribution in [1.29, 1.82) is 0 Å². The van der Waals surface area contributed by atoms with Crippen molar-refractivity contribution in [1.82, 2.24) is 0 Å². The van der Waals surface area contributed by atoms with Crippen LogP contribution in [0.4, 0.5) is 0 Å². The summed E-state index contributed by atoms with van der Waals surface area (Å²) in [4.78, 5) is 0. The lowest BCUT2D eigenvalue weighted by Gasteiger charge is -2.11. The quantitative estimate of drug-likeness (QED) is 0.696. The second-order valence-corrected chi connectivity index (χ2v) is 4.41. The number of ether oxygens (including phenoxy) is 1. The Bertz CT molecular complexity index is 504. The highest BCUT2D eigenvalue weighted by Gasteiger charge is 2.08. The van der Waals surface area contributed by atoms with Crippen LogP contribution in [0.3, 0.4) is 0 Å². The standard InChI is InChI=1S/C16H18O.C2H6/c1-12-5-4-6-14(9-7-12)15-10-8-13(2)11-16(15)17-3;1-2/h4-5,7-11H,6H2,1-3H3;1-2H3. The molecule has 1 nitrogen and oxygen atoms in total. The zero-order valence-corrected chi connectivity index (χ0v) is 12.7. The first-order valence-electron chi connectivity index (χ1n) is 6.89. The highest BCUT2D eigenvalue weighted by molar-refractivity contribution is 5.73. The van der Waals surface area contributed by atoms with Crippen LogP contribution < -0.4 is 4.74 Å². The van der Waals surface area contributed by atoms with Crippen LogP contribution >= 0.6 is 0 Å². The maximum atomic E-state index is 5.46. The van der Waals surface area contributed by atoms with E-state index in [1.807, 2.05) is 13.8 Å².